The van der Waals surface area contributed by atoms with Gasteiger partial charge in [0.25, 0.3) is 0 Å². The zero-order chi connectivity index (χ0) is 17.2. The number of carboxylic acids is 1. The minimum Gasteiger partial charge on any atom is -0.481 e. The number of aliphatic carboxylic acids is 1. The molecular weight excluding hydrogens is 315 g/mol. The maximum absolute atomic E-state index is 10.7. The number of aliphatic hydroxyl groups is 1. The fraction of sp³-hybridized carbons (Fsp3) is 0.235. The van der Waals surface area contributed by atoms with Crippen LogP contribution in [0.3, 0.4) is 0 Å². The maximum Gasteiger partial charge on any atom is 0.542 e. The highest BCUT2D eigenvalue weighted by molar-refractivity contribution is 7.38. The minimum absolute atomic E-state index is 0.355. The van der Waals surface area contributed by atoms with Gasteiger partial charge in [0, 0.05) is 5.56 Å². The molecule has 2 rings (SSSR count). The molecule has 0 aliphatic carbocycles. The number of rotatable bonds is 5. The number of aliphatic hydroxyl groups excluding tert-OH is 1. The molecule has 23 heavy (non-hydrogen) atoms. The Morgan fingerprint density at radius 3 is 1.78 bits per heavy atom. The molecule has 3 unspecified atom stereocenters. The van der Waals surface area contributed by atoms with Gasteiger partial charge in [-0.15, -0.1) is 0 Å². The lowest BCUT2D eigenvalue weighted by atomic mass is 9.97. The standard InChI is InChI=1S/C10H12O2.C7H7O3P/c1-2-9(10(11)12)8-6-4-3-5-7-8;8-7(11(9)10)6-4-2-1-3-5-6/h3-7,9H,2H2,1H3,(H,11,12);1-5,7-8H/p+1. The van der Waals surface area contributed by atoms with Crippen molar-refractivity contribution < 1.29 is 24.5 Å². The Hall–Kier alpha value is -2.07. The molecule has 0 saturated heterocycles. The Bertz CT molecular complexity index is 615. The van der Waals surface area contributed by atoms with E-state index in [1.807, 2.05) is 37.3 Å². The van der Waals surface area contributed by atoms with E-state index in [0.29, 0.717) is 12.0 Å². The number of hydrogen-bond acceptors (Lipinski definition) is 3. The van der Waals surface area contributed by atoms with E-state index in [2.05, 4.69) is 0 Å². The van der Waals surface area contributed by atoms with Gasteiger partial charge in [-0.25, -0.2) is 0 Å². The van der Waals surface area contributed by atoms with E-state index < -0.39 is 19.8 Å². The predicted molar refractivity (Wildman–Crippen MR) is 88.3 cm³/mol. The lowest BCUT2D eigenvalue weighted by Gasteiger charge is -2.08. The van der Waals surface area contributed by atoms with Crippen molar-refractivity contribution in [3.63, 3.8) is 0 Å². The van der Waals surface area contributed by atoms with Crippen LogP contribution in [0.1, 0.15) is 36.2 Å². The smallest absolute Gasteiger partial charge is 0.481 e. The number of hydrogen-bond donors (Lipinski definition) is 3. The highest BCUT2D eigenvalue weighted by Gasteiger charge is 2.27. The fourth-order valence-electron chi connectivity index (χ4n) is 1.99. The third kappa shape index (κ3) is 6.28. The Labute approximate surface area is 136 Å². The summed E-state index contributed by atoms with van der Waals surface area (Å²) in [5, 5.41) is 17.9. The second-order valence-electron chi connectivity index (χ2n) is 4.80. The lowest BCUT2D eigenvalue weighted by Crippen LogP contribution is -2.09. The van der Waals surface area contributed by atoms with Gasteiger partial charge >= 0.3 is 19.8 Å². The summed E-state index contributed by atoms with van der Waals surface area (Å²) in [4.78, 5) is 19.3. The first-order chi connectivity index (χ1) is 11.0. The molecule has 3 atom stereocenters. The van der Waals surface area contributed by atoms with Gasteiger partial charge in [0.2, 0.25) is 0 Å². The van der Waals surface area contributed by atoms with Crippen molar-refractivity contribution in [3.05, 3.63) is 71.8 Å². The molecular formula is C17H20O5P+. The Morgan fingerprint density at radius 2 is 1.43 bits per heavy atom. The van der Waals surface area contributed by atoms with Crippen LogP contribution in [-0.2, 0) is 9.36 Å². The topological polar surface area (TPSA) is 94.8 Å². The Balaban J connectivity index is 0.000000231. The molecule has 0 saturated carbocycles. The lowest BCUT2D eigenvalue weighted by molar-refractivity contribution is -0.138. The highest BCUT2D eigenvalue weighted by Crippen LogP contribution is 2.34. The van der Waals surface area contributed by atoms with E-state index in [-0.39, 0.29) is 5.92 Å². The van der Waals surface area contributed by atoms with Gasteiger partial charge in [-0.05, 0) is 16.5 Å². The summed E-state index contributed by atoms with van der Waals surface area (Å²) in [5.41, 5.74) is 1.35. The molecule has 0 bridgehead atoms. The first-order valence-electron chi connectivity index (χ1n) is 7.13. The predicted octanol–water partition coefficient (Wildman–Crippen LogP) is 3.68. The van der Waals surface area contributed by atoms with Gasteiger partial charge < -0.3 is 10.2 Å². The molecule has 0 spiro atoms. The maximum atomic E-state index is 10.7. The van der Waals surface area contributed by atoms with Gasteiger partial charge in [-0.2, -0.15) is 4.89 Å². The molecule has 5 nitrogen and oxygen atoms in total. The van der Waals surface area contributed by atoms with Crippen LogP contribution in [0.4, 0.5) is 0 Å². The van der Waals surface area contributed by atoms with E-state index in [1.165, 1.54) is 0 Å². The van der Waals surface area contributed by atoms with Gasteiger partial charge in [-0.1, -0.05) is 67.6 Å². The van der Waals surface area contributed by atoms with Crippen LogP contribution < -0.4 is 0 Å². The third-order valence-corrected chi connectivity index (χ3v) is 3.93. The molecule has 2 aromatic rings. The zero-order valence-electron chi connectivity index (χ0n) is 12.7. The van der Waals surface area contributed by atoms with E-state index in [0.717, 1.165) is 5.56 Å². The monoisotopic (exact) mass is 335 g/mol. The first kappa shape index (κ1) is 19.0. The normalized spacial score (nSPS) is 13.3. The number of benzene rings is 2. The SMILES string of the molecule is CCC(C(=O)O)c1ccccc1.O=[P+](O)C(O)c1ccccc1. The molecule has 0 amide bonds. The van der Waals surface area contributed by atoms with E-state index in [1.54, 1.807) is 30.3 Å². The molecule has 3 N–H and O–H groups in total. The van der Waals surface area contributed by atoms with Crippen LogP contribution in [0, 0.1) is 0 Å². The van der Waals surface area contributed by atoms with Crippen molar-refractivity contribution in [2.45, 2.75) is 25.1 Å². The van der Waals surface area contributed by atoms with Crippen LogP contribution in [0.2, 0.25) is 0 Å². The third-order valence-electron chi connectivity index (χ3n) is 3.22. The molecule has 0 aromatic heterocycles. The molecule has 0 heterocycles. The number of carboxylic acid groups (broad SMARTS) is 1. The van der Waals surface area contributed by atoms with Crippen LogP contribution in [0.5, 0.6) is 0 Å². The van der Waals surface area contributed by atoms with E-state index in [4.69, 9.17) is 15.1 Å². The molecule has 0 aliphatic rings. The molecule has 0 radical (unpaired) electrons. The molecule has 122 valence electrons. The Morgan fingerprint density at radius 1 is 1.00 bits per heavy atom. The van der Waals surface area contributed by atoms with Crippen molar-refractivity contribution in [3.8, 4) is 0 Å². The summed E-state index contributed by atoms with van der Waals surface area (Å²) in [5.74, 6) is -2.36. The van der Waals surface area contributed by atoms with Gasteiger partial charge in [-0.3, -0.25) is 4.79 Å². The van der Waals surface area contributed by atoms with Crippen LogP contribution in [0.25, 0.3) is 0 Å². The Kier molecular flexibility index (Phi) is 8.13. The largest absolute Gasteiger partial charge is 0.542 e. The van der Waals surface area contributed by atoms with Gasteiger partial charge in [0.1, 0.15) is 0 Å². The average Bonchev–Trinajstić information content (AvgIpc) is 2.57. The zero-order valence-corrected chi connectivity index (χ0v) is 13.6. The summed E-state index contributed by atoms with van der Waals surface area (Å²) in [6.07, 6.45) is 0.638. The molecule has 0 aliphatic heterocycles. The molecule has 2 aromatic carbocycles. The van der Waals surface area contributed by atoms with Crippen molar-refractivity contribution in [1.82, 2.24) is 0 Å². The van der Waals surface area contributed by atoms with Crippen molar-refractivity contribution >= 4 is 14.0 Å². The quantitative estimate of drug-likeness (QED) is 0.725. The fourth-order valence-corrected chi connectivity index (χ4v) is 2.42. The number of carbonyl (C=O) groups is 1. The second kappa shape index (κ2) is 9.85. The van der Waals surface area contributed by atoms with Crippen LogP contribution in [0.15, 0.2) is 60.7 Å². The summed E-state index contributed by atoms with van der Waals surface area (Å²) in [7, 11) is -2.53. The molecule has 6 heteroatoms. The van der Waals surface area contributed by atoms with E-state index in [9.17, 15) is 9.36 Å². The van der Waals surface area contributed by atoms with E-state index >= 15 is 0 Å². The van der Waals surface area contributed by atoms with Gasteiger partial charge in [0.05, 0.1) is 5.92 Å². The first-order valence-corrected chi connectivity index (χ1v) is 8.41. The summed E-state index contributed by atoms with van der Waals surface area (Å²) in [6.45, 7) is 1.88. The summed E-state index contributed by atoms with van der Waals surface area (Å²) >= 11 is 0. The second-order valence-corrected chi connectivity index (χ2v) is 5.89. The van der Waals surface area contributed by atoms with Crippen LogP contribution >= 0.6 is 8.03 Å². The summed E-state index contributed by atoms with van der Waals surface area (Å²) < 4.78 is 10.4. The van der Waals surface area contributed by atoms with Gasteiger partial charge in [0.15, 0.2) is 0 Å². The summed E-state index contributed by atoms with van der Waals surface area (Å²) in [6, 6.07) is 17.7. The van der Waals surface area contributed by atoms with Crippen molar-refractivity contribution in [2.75, 3.05) is 0 Å². The molecule has 0 fully saturated rings. The highest BCUT2D eigenvalue weighted by atomic mass is 31.1. The minimum atomic E-state index is -2.53. The average molecular weight is 335 g/mol. The van der Waals surface area contributed by atoms with Crippen molar-refractivity contribution in [1.29, 1.82) is 0 Å². The van der Waals surface area contributed by atoms with Crippen molar-refractivity contribution in [2.24, 2.45) is 0 Å². The van der Waals surface area contributed by atoms with Crippen LogP contribution in [-0.4, -0.2) is 21.1 Å².